The van der Waals surface area contributed by atoms with Gasteiger partial charge in [-0.3, -0.25) is 9.20 Å². The molecule has 1 aliphatic carbocycles. The van der Waals surface area contributed by atoms with Gasteiger partial charge in [0, 0.05) is 61.1 Å². The Morgan fingerprint density at radius 3 is 2.74 bits per heavy atom. The molecule has 0 radical (unpaired) electrons. The normalized spacial score (nSPS) is 18.9. The van der Waals surface area contributed by atoms with Crippen LogP contribution in [0.25, 0.3) is 22.4 Å². The van der Waals surface area contributed by atoms with E-state index in [9.17, 15) is 4.79 Å². The number of aromatic nitrogens is 6. The minimum Gasteiger partial charge on any atom is -0.479 e. The topological polar surface area (TPSA) is 111 Å². The molecule has 4 heterocycles. The fourth-order valence-electron chi connectivity index (χ4n) is 4.24. The highest BCUT2D eigenvalue weighted by Gasteiger charge is 2.23. The van der Waals surface area contributed by atoms with Crippen LogP contribution in [-0.4, -0.2) is 54.1 Å². The first-order valence-electron chi connectivity index (χ1n) is 10.4. The van der Waals surface area contributed by atoms with Crippen molar-refractivity contribution >= 4 is 23.1 Å². The second-order valence-corrected chi connectivity index (χ2v) is 7.84. The second-order valence-electron chi connectivity index (χ2n) is 7.84. The molecule has 0 aliphatic heterocycles. The molecular formula is C21H24N8O2. The minimum absolute atomic E-state index is 0.0285. The molecule has 4 aromatic heterocycles. The van der Waals surface area contributed by atoms with Crippen LogP contribution in [0.3, 0.4) is 0 Å². The lowest BCUT2D eigenvalue weighted by Gasteiger charge is -2.29. The summed E-state index contributed by atoms with van der Waals surface area (Å²) in [5, 5.41) is 11.1. The van der Waals surface area contributed by atoms with E-state index in [2.05, 4.69) is 30.7 Å². The first kappa shape index (κ1) is 19.3. The maximum absolute atomic E-state index is 11.3. The molecule has 5 rings (SSSR count). The van der Waals surface area contributed by atoms with Crippen molar-refractivity contribution in [1.82, 2.24) is 34.3 Å². The van der Waals surface area contributed by atoms with E-state index in [1.165, 1.54) is 0 Å². The maximum Gasteiger partial charge on any atom is 0.244 e. The van der Waals surface area contributed by atoms with E-state index >= 15 is 0 Å². The van der Waals surface area contributed by atoms with Crippen molar-refractivity contribution in [3.05, 3.63) is 37.1 Å². The van der Waals surface area contributed by atoms with Gasteiger partial charge in [-0.1, -0.05) is 0 Å². The third kappa shape index (κ3) is 3.76. The maximum atomic E-state index is 11.3. The molecule has 1 amide bonds. The summed E-state index contributed by atoms with van der Waals surface area (Å²) in [4.78, 5) is 24.5. The predicted molar refractivity (Wildman–Crippen MR) is 115 cm³/mol. The first-order chi connectivity index (χ1) is 15.1. The van der Waals surface area contributed by atoms with Gasteiger partial charge in [-0.15, -0.1) is 5.10 Å². The molecular weight excluding hydrogens is 396 g/mol. The van der Waals surface area contributed by atoms with Gasteiger partial charge in [0.1, 0.15) is 5.52 Å². The molecule has 4 aromatic rings. The molecule has 160 valence electrons. The van der Waals surface area contributed by atoms with Gasteiger partial charge in [-0.05, 0) is 31.7 Å². The highest BCUT2D eigenvalue weighted by molar-refractivity contribution is 5.84. The number of nitrogens with zero attached hydrogens (tertiary/aromatic N) is 6. The third-order valence-corrected chi connectivity index (χ3v) is 5.70. The molecule has 1 fully saturated rings. The fraction of sp³-hybridized carbons (Fsp3) is 0.381. The van der Waals surface area contributed by atoms with Crippen LogP contribution in [0, 0.1) is 0 Å². The summed E-state index contributed by atoms with van der Waals surface area (Å²) >= 11 is 0. The summed E-state index contributed by atoms with van der Waals surface area (Å²) in [6.45, 7) is 1.56. The summed E-state index contributed by atoms with van der Waals surface area (Å²) < 4.78 is 9.27. The van der Waals surface area contributed by atoms with Gasteiger partial charge < -0.3 is 15.4 Å². The van der Waals surface area contributed by atoms with Crippen molar-refractivity contribution in [2.45, 2.75) is 44.7 Å². The lowest BCUT2D eigenvalue weighted by atomic mass is 9.91. The number of carbonyl (C=O) groups is 1. The Labute approximate surface area is 178 Å². The van der Waals surface area contributed by atoms with E-state index in [1.54, 1.807) is 30.9 Å². The lowest BCUT2D eigenvalue weighted by molar-refractivity contribution is -0.119. The average molecular weight is 420 g/mol. The van der Waals surface area contributed by atoms with E-state index in [1.807, 2.05) is 29.1 Å². The summed E-state index contributed by atoms with van der Waals surface area (Å²) in [7, 11) is 1.61. The van der Waals surface area contributed by atoms with Crippen molar-refractivity contribution in [3.63, 3.8) is 0 Å². The summed E-state index contributed by atoms with van der Waals surface area (Å²) in [5.41, 5.74) is 2.64. The number of fused-ring (bicyclic) bond motifs is 2. The number of amides is 1. The number of methoxy groups -OCH3 is 1. The van der Waals surface area contributed by atoms with Gasteiger partial charge in [-0.25, -0.2) is 14.5 Å². The van der Waals surface area contributed by atoms with Crippen LogP contribution in [0.4, 0.5) is 5.95 Å². The zero-order valence-electron chi connectivity index (χ0n) is 17.4. The predicted octanol–water partition coefficient (Wildman–Crippen LogP) is 2.31. The Hall–Kier alpha value is -3.69. The molecule has 1 aliphatic rings. The van der Waals surface area contributed by atoms with Crippen LogP contribution in [-0.2, 0) is 4.79 Å². The summed E-state index contributed by atoms with van der Waals surface area (Å²) in [6, 6.07) is 2.49. The fourth-order valence-corrected chi connectivity index (χ4v) is 4.24. The minimum atomic E-state index is 0.0285. The van der Waals surface area contributed by atoms with Gasteiger partial charge in [0.25, 0.3) is 0 Å². The zero-order chi connectivity index (χ0) is 21.4. The quantitative estimate of drug-likeness (QED) is 0.510. The van der Waals surface area contributed by atoms with Gasteiger partial charge in [0.05, 0.1) is 7.11 Å². The Morgan fingerprint density at radius 1 is 1.16 bits per heavy atom. The Balaban J connectivity index is 1.40. The highest BCUT2D eigenvalue weighted by atomic mass is 16.5. The van der Waals surface area contributed by atoms with Crippen molar-refractivity contribution in [3.8, 4) is 17.0 Å². The molecule has 0 atom stereocenters. The molecule has 10 heteroatoms. The molecule has 0 bridgehead atoms. The number of ether oxygens (including phenoxy) is 1. The number of imidazole rings is 1. The number of anilines is 1. The molecule has 10 nitrogen and oxygen atoms in total. The third-order valence-electron chi connectivity index (χ3n) is 5.70. The molecule has 2 N–H and O–H groups in total. The van der Waals surface area contributed by atoms with Crippen LogP contribution in [0.2, 0.25) is 0 Å². The summed E-state index contributed by atoms with van der Waals surface area (Å²) in [5.74, 6) is 1.70. The SMILES string of the molecule is COc1nc(N[C@H]2CC[C@@H](NC(C)=O)CC2)nn2ccc(-c3cnc4nccn4c3)c12. The number of hydrogen-bond donors (Lipinski definition) is 2. The van der Waals surface area contributed by atoms with Crippen LogP contribution in [0.1, 0.15) is 32.6 Å². The molecule has 0 saturated heterocycles. The number of rotatable bonds is 5. The Bertz CT molecular complexity index is 1240. The number of carbonyl (C=O) groups excluding carboxylic acids is 1. The average Bonchev–Trinajstić information content (AvgIpc) is 3.40. The zero-order valence-corrected chi connectivity index (χ0v) is 17.4. The van der Waals surface area contributed by atoms with E-state index in [4.69, 9.17) is 4.74 Å². The Morgan fingerprint density at radius 2 is 1.97 bits per heavy atom. The highest BCUT2D eigenvalue weighted by Crippen LogP contribution is 2.31. The van der Waals surface area contributed by atoms with Crippen LogP contribution in [0.15, 0.2) is 37.1 Å². The molecule has 1 saturated carbocycles. The largest absolute Gasteiger partial charge is 0.479 e. The van der Waals surface area contributed by atoms with Crippen LogP contribution in [0.5, 0.6) is 5.88 Å². The van der Waals surface area contributed by atoms with E-state index < -0.39 is 0 Å². The molecule has 31 heavy (non-hydrogen) atoms. The van der Waals surface area contributed by atoms with E-state index in [0.29, 0.717) is 17.6 Å². The molecule has 0 aromatic carbocycles. The van der Waals surface area contributed by atoms with Gasteiger partial charge in [0.2, 0.25) is 23.5 Å². The second kappa shape index (κ2) is 7.86. The lowest BCUT2D eigenvalue weighted by Crippen LogP contribution is -2.39. The van der Waals surface area contributed by atoms with Gasteiger partial charge in [-0.2, -0.15) is 4.98 Å². The monoisotopic (exact) mass is 420 g/mol. The molecule has 0 unspecified atom stereocenters. The first-order valence-corrected chi connectivity index (χ1v) is 10.4. The van der Waals surface area contributed by atoms with Crippen molar-refractivity contribution < 1.29 is 9.53 Å². The molecule has 0 spiro atoms. The van der Waals surface area contributed by atoms with Crippen LogP contribution >= 0.6 is 0 Å². The van der Waals surface area contributed by atoms with Gasteiger partial charge >= 0.3 is 0 Å². The van der Waals surface area contributed by atoms with Crippen molar-refractivity contribution in [2.24, 2.45) is 0 Å². The number of hydrogen-bond acceptors (Lipinski definition) is 7. The standard InChI is InChI=1S/C21H24N8O2/c1-13(30)24-15-3-5-16(6-4-15)25-20-26-19(31-2)18-17(7-9-29(18)27-20)14-11-23-21-22-8-10-28(21)12-14/h7-12,15-16H,3-6H2,1-2H3,(H,24,30)(H,25,27)/t15-,16+. The Kier molecular flexibility index (Phi) is 4.89. The van der Waals surface area contributed by atoms with Gasteiger partial charge in [0.15, 0.2) is 0 Å². The smallest absolute Gasteiger partial charge is 0.244 e. The van der Waals surface area contributed by atoms with E-state index in [-0.39, 0.29) is 18.0 Å². The van der Waals surface area contributed by atoms with E-state index in [0.717, 1.165) is 42.3 Å². The summed E-state index contributed by atoms with van der Waals surface area (Å²) in [6.07, 6.45) is 13.0. The van der Waals surface area contributed by atoms with Crippen molar-refractivity contribution in [2.75, 3.05) is 12.4 Å². The van der Waals surface area contributed by atoms with Crippen LogP contribution < -0.4 is 15.4 Å². The number of nitrogens with one attached hydrogen (secondary N) is 2. The van der Waals surface area contributed by atoms with Crippen molar-refractivity contribution in [1.29, 1.82) is 0 Å².